The van der Waals surface area contributed by atoms with Crippen LogP contribution in [0.25, 0.3) is 0 Å². The minimum atomic E-state index is -1.40. The van der Waals surface area contributed by atoms with Crippen molar-refractivity contribution < 1.29 is 14.3 Å². The summed E-state index contributed by atoms with van der Waals surface area (Å²) in [4.78, 5) is 11.7. The molecule has 4 heteroatoms. The van der Waals surface area contributed by atoms with Crippen molar-refractivity contribution in [3.8, 4) is 0 Å². The lowest BCUT2D eigenvalue weighted by Crippen LogP contribution is -2.35. The first-order valence-corrected chi connectivity index (χ1v) is 5.44. The van der Waals surface area contributed by atoms with Gasteiger partial charge in [-0.1, -0.05) is 24.6 Å². The molecule has 1 rings (SSSR count). The lowest BCUT2D eigenvalue weighted by Gasteiger charge is -2.19. The summed E-state index contributed by atoms with van der Waals surface area (Å²) >= 11 is 5.60. The highest BCUT2D eigenvalue weighted by molar-refractivity contribution is 6.30. The number of Topliss-reactive ketones (excluding diaryl/α,β-unsaturated/α-hetero) is 1. The minimum absolute atomic E-state index is 0.121. The smallest absolute Gasteiger partial charge is 0.168 e. The number of aliphatic hydroxyl groups is 1. The zero-order valence-electron chi connectivity index (χ0n) is 9.26. The van der Waals surface area contributed by atoms with Crippen LogP contribution in [0.2, 0.25) is 5.02 Å². The van der Waals surface area contributed by atoms with E-state index in [4.69, 9.17) is 11.6 Å². The maximum Gasteiger partial charge on any atom is 0.168 e. The molecule has 1 aromatic carbocycles. The van der Waals surface area contributed by atoms with Crippen LogP contribution in [0, 0.1) is 5.82 Å². The van der Waals surface area contributed by atoms with Gasteiger partial charge >= 0.3 is 0 Å². The highest BCUT2D eigenvalue weighted by Crippen LogP contribution is 2.18. The molecule has 0 fully saturated rings. The monoisotopic (exact) mass is 244 g/mol. The lowest BCUT2D eigenvalue weighted by atomic mass is 9.93. The summed E-state index contributed by atoms with van der Waals surface area (Å²) < 4.78 is 13.4. The van der Waals surface area contributed by atoms with Crippen molar-refractivity contribution in [2.75, 3.05) is 0 Å². The number of carbonyl (C=O) groups excluding carboxylic acids is 1. The van der Waals surface area contributed by atoms with Gasteiger partial charge in [-0.3, -0.25) is 4.79 Å². The standard InChI is InChI=1S/C12H14ClFO2/c1-3-12(2,16)11(15)6-8-4-5-9(13)7-10(8)14/h4-5,7,16H,3,6H2,1-2H3. The van der Waals surface area contributed by atoms with Gasteiger partial charge < -0.3 is 5.11 Å². The Bertz CT molecular complexity index is 402. The molecule has 1 aromatic rings. The lowest BCUT2D eigenvalue weighted by molar-refractivity contribution is -0.135. The van der Waals surface area contributed by atoms with Crippen molar-refractivity contribution in [2.24, 2.45) is 0 Å². The van der Waals surface area contributed by atoms with E-state index in [0.717, 1.165) is 6.07 Å². The summed E-state index contributed by atoms with van der Waals surface area (Å²) in [5.74, 6) is -0.913. The summed E-state index contributed by atoms with van der Waals surface area (Å²) in [6, 6.07) is 4.14. The largest absolute Gasteiger partial charge is 0.382 e. The number of carbonyl (C=O) groups is 1. The fraction of sp³-hybridized carbons (Fsp3) is 0.417. The second kappa shape index (κ2) is 4.93. The molecule has 88 valence electrons. The molecule has 0 aliphatic carbocycles. The molecule has 1 unspecified atom stereocenters. The summed E-state index contributed by atoms with van der Waals surface area (Å²) in [5.41, 5.74) is -1.14. The second-order valence-corrected chi connectivity index (χ2v) is 4.40. The molecule has 0 saturated heterocycles. The number of hydrogen-bond donors (Lipinski definition) is 1. The molecule has 2 nitrogen and oxygen atoms in total. The molecule has 0 aliphatic heterocycles. The van der Waals surface area contributed by atoms with E-state index in [1.807, 2.05) is 0 Å². The summed E-state index contributed by atoms with van der Waals surface area (Å²) in [7, 11) is 0. The predicted molar refractivity (Wildman–Crippen MR) is 61.0 cm³/mol. The molecule has 0 heterocycles. The molecule has 16 heavy (non-hydrogen) atoms. The van der Waals surface area contributed by atoms with E-state index in [2.05, 4.69) is 0 Å². The molecule has 0 amide bonds. The number of rotatable bonds is 4. The first-order chi connectivity index (χ1) is 7.36. The van der Waals surface area contributed by atoms with E-state index in [-0.39, 0.29) is 17.0 Å². The van der Waals surface area contributed by atoms with Crippen LogP contribution in [0.5, 0.6) is 0 Å². The average Bonchev–Trinajstić information content (AvgIpc) is 2.22. The van der Waals surface area contributed by atoms with Gasteiger partial charge in [-0.2, -0.15) is 0 Å². The van der Waals surface area contributed by atoms with E-state index >= 15 is 0 Å². The highest BCUT2D eigenvalue weighted by atomic mass is 35.5. The van der Waals surface area contributed by atoms with Crippen LogP contribution in [0.4, 0.5) is 4.39 Å². The fourth-order valence-electron chi connectivity index (χ4n) is 1.23. The van der Waals surface area contributed by atoms with E-state index in [1.54, 1.807) is 6.92 Å². The summed E-state index contributed by atoms with van der Waals surface area (Å²) in [6.07, 6.45) is 0.185. The molecular weight excluding hydrogens is 231 g/mol. The third kappa shape index (κ3) is 3.03. The Balaban J connectivity index is 2.85. The average molecular weight is 245 g/mol. The van der Waals surface area contributed by atoms with Gasteiger partial charge in [0, 0.05) is 11.4 Å². The molecule has 0 aromatic heterocycles. The van der Waals surface area contributed by atoms with Crippen molar-refractivity contribution in [1.29, 1.82) is 0 Å². The highest BCUT2D eigenvalue weighted by Gasteiger charge is 2.28. The van der Waals surface area contributed by atoms with E-state index in [9.17, 15) is 14.3 Å². The summed E-state index contributed by atoms with van der Waals surface area (Å²) in [5, 5.41) is 9.99. The molecular formula is C12H14ClFO2. The van der Waals surface area contributed by atoms with Gasteiger partial charge in [-0.15, -0.1) is 0 Å². The number of halogens is 2. The van der Waals surface area contributed by atoms with Gasteiger partial charge in [0.25, 0.3) is 0 Å². The quantitative estimate of drug-likeness (QED) is 0.884. The number of hydrogen-bond acceptors (Lipinski definition) is 2. The Morgan fingerprint density at radius 2 is 2.19 bits per heavy atom. The van der Waals surface area contributed by atoms with Gasteiger partial charge in [0.15, 0.2) is 5.78 Å². The summed E-state index contributed by atoms with van der Waals surface area (Å²) in [6.45, 7) is 3.14. The van der Waals surface area contributed by atoms with Gasteiger partial charge in [0.2, 0.25) is 0 Å². The Hall–Kier alpha value is -0.930. The van der Waals surface area contributed by atoms with Crippen LogP contribution in [-0.2, 0) is 11.2 Å². The zero-order valence-corrected chi connectivity index (χ0v) is 10.0. The van der Waals surface area contributed by atoms with Crippen LogP contribution in [0.3, 0.4) is 0 Å². The number of ketones is 1. The topological polar surface area (TPSA) is 37.3 Å². The van der Waals surface area contributed by atoms with Crippen molar-refractivity contribution in [2.45, 2.75) is 32.3 Å². The Kier molecular flexibility index (Phi) is 4.05. The minimum Gasteiger partial charge on any atom is -0.382 e. The van der Waals surface area contributed by atoms with Crippen LogP contribution in [0.15, 0.2) is 18.2 Å². The number of benzene rings is 1. The second-order valence-electron chi connectivity index (χ2n) is 3.96. The van der Waals surface area contributed by atoms with E-state index < -0.39 is 17.2 Å². The van der Waals surface area contributed by atoms with Gasteiger partial charge in [-0.25, -0.2) is 4.39 Å². The van der Waals surface area contributed by atoms with Crippen LogP contribution < -0.4 is 0 Å². The fourth-order valence-corrected chi connectivity index (χ4v) is 1.38. The maximum atomic E-state index is 13.4. The SMILES string of the molecule is CCC(C)(O)C(=O)Cc1ccc(Cl)cc1F. The third-order valence-electron chi connectivity index (χ3n) is 2.66. The first-order valence-electron chi connectivity index (χ1n) is 5.06. The molecule has 0 radical (unpaired) electrons. The van der Waals surface area contributed by atoms with Crippen molar-refractivity contribution in [3.05, 3.63) is 34.6 Å². The van der Waals surface area contributed by atoms with Crippen LogP contribution >= 0.6 is 11.6 Å². The Labute approximate surface area is 99.0 Å². The van der Waals surface area contributed by atoms with Gasteiger partial charge in [-0.05, 0) is 31.0 Å². The maximum absolute atomic E-state index is 13.4. The van der Waals surface area contributed by atoms with Gasteiger partial charge in [0.05, 0.1) is 0 Å². The van der Waals surface area contributed by atoms with Crippen molar-refractivity contribution >= 4 is 17.4 Å². The van der Waals surface area contributed by atoms with E-state index in [0.29, 0.717) is 6.42 Å². The van der Waals surface area contributed by atoms with Crippen LogP contribution in [0.1, 0.15) is 25.8 Å². The molecule has 0 aliphatic rings. The molecule has 0 spiro atoms. The molecule has 1 atom stereocenters. The Morgan fingerprint density at radius 1 is 1.56 bits per heavy atom. The van der Waals surface area contributed by atoms with Gasteiger partial charge in [0.1, 0.15) is 11.4 Å². The molecule has 1 N–H and O–H groups in total. The molecule has 0 bridgehead atoms. The van der Waals surface area contributed by atoms with E-state index in [1.165, 1.54) is 19.1 Å². The van der Waals surface area contributed by atoms with Crippen molar-refractivity contribution in [3.63, 3.8) is 0 Å². The molecule has 0 saturated carbocycles. The predicted octanol–water partition coefficient (Wildman–Crippen LogP) is 2.75. The third-order valence-corrected chi connectivity index (χ3v) is 2.89. The van der Waals surface area contributed by atoms with Crippen molar-refractivity contribution in [1.82, 2.24) is 0 Å². The Morgan fingerprint density at radius 3 is 2.69 bits per heavy atom. The zero-order chi connectivity index (χ0) is 12.3. The first kappa shape index (κ1) is 13.1. The van der Waals surface area contributed by atoms with Crippen LogP contribution in [-0.4, -0.2) is 16.5 Å². The normalized spacial score (nSPS) is 14.6.